The second-order valence-electron chi connectivity index (χ2n) is 5.37. The van der Waals surface area contributed by atoms with E-state index in [1.54, 1.807) is 0 Å². The standard InChI is InChI=1S/C16H12FN5O/c1-9-18-12-7-10(3-5-13(12)21(9)2)15-16(20-23)22-8-11(17)4-6-14(22)19-15/h3-8H,1-2H3. The molecule has 0 saturated carbocycles. The van der Waals surface area contributed by atoms with E-state index < -0.39 is 5.82 Å². The highest BCUT2D eigenvalue weighted by Gasteiger charge is 2.16. The lowest BCUT2D eigenvalue weighted by Crippen LogP contribution is -1.89. The summed E-state index contributed by atoms with van der Waals surface area (Å²) < 4.78 is 16.8. The fourth-order valence-corrected chi connectivity index (χ4v) is 2.75. The van der Waals surface area contributed by atoms with Crippen LogP contribution in [0.5, 0.6) is 0 Å². The highest BCUT2D eigenvalue weighted by Crippen LogP contribution is 2.32. The van der Waals surface area contributed by atoms with Gasteiger partial charge in [0.15, 0.2) is 0 Å². The van der Waals surface area contributed by atoms with Crippen molar-refractivity contribution in [2.75, 3.05) is 0 Å². The van der Waals surface area contributed by atoms with Gasteiger partial charge in [0, 0.05) is 18.8 Å². The van der Waals surface area contributed by atoms with Crippen molar-refractivity contribution in [3.05, 3.63) is 53.1 Å². The van der Waals surface area contributed by atoms with Crippen LogP contribution in [0.25, 0.3) is 27.9 Å². The Morgan fingerprint density at radius 3 is 2.78 bits per heavy atom. The van der Waals surface area contributed by atoms with E-state index in [0.29, 0.717) is 16.9 Å². The minimum absolute atomic E-state index is 0.0755. The zero-order valence-corrected chi connectivity index (χ0v) is 12.5. The van der Waals surface area contributed by atoms with Crippen LogP contribution in [-0.2, 0) is 7.05 Å². The van der Waals surface area contributed by atoms with Gasteiger partial charge in [0.25, 0.3) is 0 Å². The lowest BCUT2D eigenvalue weighted by atomic mass is 10.1. The summed E-state index contributed by atoms with van der Waals surface area (Å²) >= 11 is 0. The minimum atomic E-state index is -0.456. The highest BCUT2D eigenvalue weighted by molar-refractivity contribution is 5.85. The minimum Gasteiger partial charge on any atom is -0.331 e. The molecule has 0 fully saturated rings. The number of hydrogen-bond acceptors (Lipinski definition) is 4. The van der Waals surface area contributed by atoms with Gasteiger partial charge in [-0.2, -0.15) is 0 Å². The van der Waals surface area contributed by atoms with E-state index in [1.165, 1.54) is 22.7 Å². The zero-order valence-electron chi connectivity index (χ0n) is 12.5. The van der Waals surface area contributed by atoms with Gasteiger partial charge in [-0.25, -0.2) is 14.4 Å². The summed E-state index contributed by atoms with van der Waals surface area (Å²) in [4.78, 5) is 20.1. The molecule has 0 radical (unpaired) electrons. The number of benzene rings is 1. The molecule has 1 aromatic carbocycles. The Bertz CT molecular complexity index is 1080. The van der Waals surface area contributed by atoms with E-state index in [2.05, 4.69) is 15.1 Å². The zero-order chi connectivity index (χ0) is 16.1. The van der Waals surface area contributed by atoms with Gasteiger partial charge in [0.05, 0.1) is 11.0 Å². The Morgan fingerprint density at radius 2 is 2.00 bits per heavy atom. The van der Waals surface area contributed by atoms with Crippen LogP contribution in [0.15, 0.2) is 41.7 Å². The van der Waals surface area contributed by atoms with E-state index in [1.807, 2.05) is 36.7 Å². The number of hydrogen-bond donors (Lipinski definition) is 0. The molecule has 0 unspecified atom stereocenters. The van der Waals surface area contributed by atoms with Gasteiger partial charge in [0.2, 0.25) is 5.82 Å². The third-order valence-corrected chi connectivity index (χ3v) is 4.02. The summed E-state index contributed by atoms with van der Waals surface area (Å²) in [6.45, 7) is 1.92. The summed E-state index contributed by atoms with van der Waals surface area (Å²) in [6, 6.07) is 8.44. The maximum absolute atomic E-state index is 13.4. The maximum Gasteiger partial charge on any atom is 0.209 e. The second kappa shape index (κ2) is 4.70. The van der Waals surface area contributed by atoms with Crippen molar-refractivity contribution in [1.29, 1.82) is 0 Å². The van der Waals surface area contributed by atoms with Crippen LogP contribution in [-0.4, -0.2) is 18.9 Å². The van der Waals surface area contributed by atoms with Crippen LogP contribution in [0.4, 0.5) is 10.2 Å². The smallest absolute Gasteiger partial charge is 0.209 e. The molecule has 0 N–H and O–H groups in total. The molecule has 0 saturated heterocycles. The Balaban J connectivity index is 1.99. The Hall–Kier alpha value is -3.09. The second-order valence-corrected chi connectivity index (χ2v) is 5.37. The summed E-state index contributed by atoms with van der Waals surface area (Å²) in [5, 5.41) is 3.04. The molecule has 0 bridgehead atoms. The average molecular weight is 309 g/mol. The first-order valence-electron chi connectivity index (χ1n) is 7.03. The molecule has 6 nitrogen and oxygen atoms in total. The fourth-order valence-electron chi connectivity index (χ4n) is 2.75. The van der Waals surface area contributed by atoms with Crippen molar-refractivity contribution >= 4 is 22.5 Å². The number of nitrogens with zero attached hydrogens (tertiary/aromatic N) is 5. The van der Waals surface area contributed by atoms with Crippen LogP contribution < -0.4 is 0 Å². The molecular formula is C16H12FN5O. The van der Waals surface area contributed by atoms with Gasteiger partial charge in [-0.15, -0.1) is 4.91 Å². The Kier molecular flexibility index (Phi) is 2.77. The van der Waals surface area contributed by atoms with E-state index in [-0.39, 0.29) is 5.82 Å². The number of nitroso groups, excluding NO2 is 1. The van der Waals surface area contributed by atoms with Crippen molar-refractivity contribution in [3.63, 3.8) is 0 Å². The number of halogens is 1. The van der Waals surface area contributed by atoms with Crippen LogP contribution >= 0.6 is 0 Å². The normalized spacial score (nSPS) is 11.4. The first kappa shape index (κ1) is 13.6. The predicted molar refractivity (Wildman–Crippen MR) is 85.1 cm³/mol. The molecule has 0 aliphatic heterocycles. The molecule has 0 atom stereocenters. The summed E-state index contributed by atoms with van der Waals surface area (Å²) in [6.07, 6.45) is 1.20. The van der Waals surface area contributed by atoms with Gasteiger partial charge < -0.3 is 4.57 Å². The number of pyridine rings is 1. The fraction of sp³-hybridized carbons (Fsp3) is 0.125. The lowest BCUT2D eigenvalue weighted by Gasteiger charge is -2.00. The van der Waals surface area contributed by atoms with Gasteiger partial charge in [-0.05, 0) is 36.4 Å². The molecule has 3 heterocycles. The SMILES string of the molecule is Cc1nc2cc(-c3nc4ccc(F)cn4c3N=O)ccc2n1C. The largest absolute Gasteiger partial charge is 0.331 e. The van der Waals surface area contributed by atoms with Gasteiger partial charge in [-0.3, -0.25) is 4.40 Å². The molecule has 0 amide bonds. The average Bonchev–Trinajstić information content (AvgIpc) is 3.04. The van der Waals surface area contributed by atoms with Crippen molar-refractivity contribution < 1.29 is 4.39 Å². The quantitative estimate of drug-likeness (QED) is 0.530. The molecule has 3 aromatic heterocycles. The van der Waals surface area contributed by atoms with Gasteiger partial charge in [-0.1, -0.05) is 6.07 Å². The number of rotatable bonds is 2. The molecule has 23 heavy (non-hydrogen) atoms. The maximum atomic E-state index is 13.4. The molecule has 0 aliphatic rings. The topological polar surface area (TPSA) is 64.5 Å². The molecule has 114 valence electrons. The van der Waals surface area contributed by atoms with Crippen molar-refractivity contribution in [2.24, 2.45) is 12.2 Å². The van der Waals surface area contributed by atoms with Crippen molar-refractivity contribution in [3.8, 4) is 11.3 Å². The van der Waals surface area contributed by atoms with E-state index >= 15 is 0 Å². The lowest BCUT2D eigenvalue weighted by molar-refractivity contribution is 0.619. The van der Waals surface area contributed by atoms with Crippen LogP contribution in [0, 0.1) is 17.6 Å². The van der Waals surface area contributed by atoms with E-state index in [0.717, 1.165) is 16.9 Å². The highest BCUT2D eigenvalue weighted by atomic mass is 19.1. The number of fused-ring (bicyclic) bond motifs is 2. The molecule has 0 spiro atoms. The van der Waals surface area contributed by atoms with E-state index in [9.17, 15) is 9.30 Å². The third-order valence-electron chi connectivity index (χ3n) is 4.02. The van der Waals surface area contributed by atoms with E-state index in [4.69, 9.17) is 0 Å². The number of aromatic nitrogens is 4. The third kappa shape index (κ3) is 1.93. The van der Waals surface area contributed by atoms with Crippen LogP contribution in [0.1, 0.15) is 5.82 Å². The van der Waals surface area contributed by atoms with Crippen LogP contribution in [0.2, 0.25) is 0 Å². The first-order valence-corrected chi connectivity index (χ1v) is 7.03. The Morgan fingerprint density at radius 1 is 1.17 bits per heavy atom. The molecule has 7 heteroatoms. The first-order chi connectivity index (χ1) is 11.1. The molecule has 0 aliphatic carbocycles. The number of imidazole rings is 2. The summed E-state index contributed by atoms with van der Waals surface area (Å²) in [5.41, 5.74) is 3.39. The number of aryl methyl sites for hydroxylation is 2. The molecule has 4 rings (SSSR count). The van der Waals surface area contributed by atoms with Gasteiger partial charge in [0.1, 0.15) is 23.0 Å². The predicted octanol–water partition coefficient (Wildman–Crippen LogP) is 3.73. The Labute approximate surface area is 130 Å². The summed E-state index contributed by atoms with van der Waals surface area (Å²) in [5.74, 6) is 0.511. The van der Waals surface area contributed by atoms with Crippen molar-refractivity contribution in [2.45, 2.75) is 6.92 Å². The van der Waals surface area contributed by atoms with Crippen LogP contribution in [0.3, 0.4) is 0 Å². The monoisotopic (exact) mass is 309 g/mol. The molecular weight excluding hydrogens is 297 g/mol. The summed E-state index contributed by atoms with van der Waals surface area (Å²) in [7, 11) is 1.94. The molecule has 4 aromatic rings. The van der Waals surface area contributed by atoms with Gasteiger partial charge >= 0.3 is 0 Å². The van der Waals surface area contributed by atoms with Crippen molar-refractivity contribution in [1.82, 2.24) is 18.9 Å².